The molecule has 0 aliphatic heterocycles. The molecule has 4 aliphatic rings. The molecular weight excluding hydrogens is 425 g/mol. The topological polar surface area (TPSA) is 95.9 Å². The van der Waals surface area contributed by atoms with E-state index >= 15 is 0 Å². The first-order valence-electron chi connectivity index (χ1n) is 11.1. The third-order valence-electron chi connectivity index (χ3n) is 7.37. The Morgan fingerprint density at radius 3 is 2.38 bits per heavy atom. The molecule has 0 spiro atoms. The van der Waals surface area contributed by atoms with Crippen LogP contribution in [0.3, 0.4) is 0 Å². The van der Waals surface area contributed by atoms with Crippen LogP contribution in [0.4, 0.5) is 10.2 Å². The summed E-state index contributed by atoms with van der Waals surface area (Å²) in [5.74, 6) is 2.23. The standard InChI is InChI=1S/C24H26FN5OS/c25-20-3-1-15(2-4-20)13-30(24-8-16-5-17(9-24)7-18(6-16)10-24)21(31)14-32-23-28-12-19(11-26)22(27)29-23/h1-4,12,16-18H,5-10,13-14H2,(H2,27,28,29). The number of benzene rings is 1. The number of nitrogens with zero attached hydrogens (tertiary/aromatic N) is 4. The number of hydrogen-bond donors (Lipinski definition) is 1. The van der Waals surface area contributed by atoms with E-state index in [0.717, 1.165) is 24.8 Å². The van der Waals surface area contributed by atoms with Gasteiger partial charge in [0, 0.05) is 12.1 Å². The van der Waals surface area contributed by atoms with E-state index < -0.39 is 0 Å². The molecule has 4 saturated carbocycles. The monoisotopic (exact) mass is 451 g/mol. The fourth-order valence-corrected chi connectivity index (χ4v) is 7.12. The van der Waals surface area contributed by atoms with E-state index in [4.69, 9.17) is 11.0 Å². The number of nitrogens with two attached hydrogens (primary N) is 1. The lowest BCUT2D eigenvalue weighted by atomic mass is 9.52. The zero-order valence-electron chi connectivity index (χ0n) is 17.8. The van der Waals surface area contributed by atoms with E-state index in [1.807, 2.05) is 6.07 Å². The molecule has 0 atom stereocenters. The number of anilines is 1. The third-order valence-corrected chi connectivity index (χ3v) is 8.22. The Balaban J connectivity index is 1.38. The number of halogens is 1. The van der Waals surface area contributed by atoms with Crippen molar-refractivity contribution < 1.29 is 9.18 Å². The second kappa shape index (κ2) is 8.36. The van der Waals surface area contributed by atoms with Crippen LogP contribution in [0.25, 0.3) is 0 Å². The predicted octanol–water partition coefficient (Wildman–Crippen LogP) is 4.16. The Morgan fingerprint density at radius 2 is 1.81 bits per heavy atom. The molecule has 1 heterocycles. The molecule has 6 nitrogen and oxygen atoms in total. The van der Waals surface area contributed by atoms with Crippen LogP contribution in [-0.4, -0.2) is 32.1 Å². The molecule has 6 rings (SSSR count). The summed E-state index contributed by atoms with van der Waals surface area (Å²) in [4.78, 5) is 24.0. The number of rotatable bonds is 6. The molecule has 1 aromatic heterocycles. The van der Waals surface area contributed by atoms with Gasteiger partial charge in [0.05, 0.1) is 11.9 Å². The van der Waals surface area contributed by atoms with Crippen LogP contribution in [0.2, 0.25) is 0 Å². The molecule has 1 aromatic carbocycles. The minimum atomic E-state index is -0.271. The smallest absolute Gasteiger partial charge is 0.233 e. The van der Waals surface area contributed by atoms with E-state index in [1.54, 1.807) is 12.1 Å². The maximum Gasteiger partial charge on any atom is 0.233 e. The highest BCUT2D eigenvalue weighted by Gasteiger charge is 2.54. The van der Waals surface area contributed by atoms with E-state index in [1.165, 1.54) is 49.4 Å². The summed E-state index contributed by atoms with van der Waals surface area (Å²) in [6, 6.07) is 8.41. The largest absolute Gasteiger partial charge is 0.382 e. The Kier molecular flexibility index (Phi) is 5.54. The molecule has 32 heavy (non-hydrogen) atoms. The summed E-state index contributed by atoms with van der Waals surface area (Å²) in [7, 11) is 0. The SMILES string of the molecule is N#Cc1cnc(SCC(=O)N(Cc2ccc(F)cc2)C23CC4CC(CC(C4)C2)C3)nc1N. The summed E-state index contributed by atoms with van der Waals surface area (Å²) < 4.78 is 13.5. The lowest BCUT2D eigenvalue weighted by molar-refractivity contribution is -0.149. The molecule has 8 heteroatoms. The molecule has 4 aliphatic carbocycles. The van der Waals surface area contributed by atoms with Crippen molar-refractivity contribution in [3.8, 4) is 6.07 Å². The van der Waals surface area contributed by atoms with Crippen molar-refractivity contribution in [1.82, 2.24) is 14.9 Å². The van der Waals surface area contributed by atoms with Gasteiger partial charge in [-0.1, -0.05) is 23.9 Å². The third kappa shape index (κ3) is 4.06. The van der Waals surface area contributed by atoms with Crippen LogP contribution in [0.5, 0.6) is 0 Å². The summed E-state index contributed by atoms with van der Waals surface area (Å²) in [5.41, 5.74) is 6.87. The molecule has 2 aromatic rings. The molecule has 166 valence electrons. The number of amides is 1. The molecule has 2 N–H and O–H groups in total. The first kappa shape index (κ1) is 21.2. The molecule has 0 unspecified atom stereocenters. The number of hydrogen-bond acceptors (Lipinski definition) is 6. The van der Waals surface area contributed by atoms with Gasteiger partial charge in [-0.3, -0.25) is 4.79 Å². The second-order valence-electron chi connectivity index (χ2n) is 9.60. The fourth-order valence-electron chi connectivity index (χ4n) is 6.43. The van der Waals surface area contributed by atoms with Crippen LogP contribution < -0.4 is 5.73 Å². The molecule has 0 radical (unpaired) electrons. The lowest BCUT2D eigenvalue weighted by Crippen LogP contribution is -2.61. The van der Waals surface area contributed by atoms with Crippen LogP contribution in [-0.2, 0) is 11.3 Å². The normalized spacial score (nSPS) is 27.8. The average Bonchev–Trinajstić information content (AvgIpc) is 2.76. The summed E-state index contributed by atoms with van der Waals surface area (Å²) >= 11 is 1.24. The summed E-state index contributed by atoms with van der Waals surface area (Å²) in [6.07, 6.45) is 8.48. The minimum Gasteiger partial charge on any atom is -0.382 e. The maximum absolute atomic E-state index is 13.6. The van der Waals surface area contributed by atoms with Crippen molar-refractivity contribution >= 4 is 23.5 Å². The van der Waals surface area contributed by atoms with Gasteiger partial charge < -0.3 is 10.6 Å². The fraction of sp³-hybridized carbons (Fsp3) is 0.500. The van der Waals surface area contributed by atoms with E-state index in [-0.39, 0.29) is 34.4 Å². The predicted molar refractivity (Wildman–Crippen MR) is 120 cm³/mol. The number of carbonyl (C=O) groups excluding carboxylic acids is 1. The van der Waals surface area contributed by atoms with E-state index in [9.17, 15) is 9.18 Å². The Labute approximate surface area is 191 Å². The highest BCUT2D eigenvalue weighted by atomic mass is 32.2. The van der Waals surface area contributed by atoms with Crippen molar-refractivity contribution in [2.24, 2.45) is 17.8 Å². The maximum atomic E-state index is 13.6. The molecule has 4 fully saturated rings. The first-order chi connectivity index (χ1) is 15.4. The Morgan fingerprint density at radius 1 is 1.19 bits per heavy atom. The summed E-state index contributed by atoms with van der Waals surface area (Å²) in [5, 5.41) is 9.40. The van der Waals surface area contributed by atoms with Crippen molar-refractivity contribution in [3.05, 3.63) is 47.4 Å². The van der Waals surface area contributed by atoms with Gasteiger partial charge >= 0.3 is 0 Å². The van der Waals surface area contributed by atoms with Crippen molar-refractivity contribution in [1.29, 1.82) is 5.26 Å². The molecule has 4 bridgehead atoms. The van der Waals surface area contributed by atoms with Crippen LogP contribution in [0, 0.1) is 34.9 Å². The van der Waals surface area contributed by atoms with Crippen molar-refractivity contribution in [3.63, 3.8) is 0 Å². The Hall–Kier alpha value is -2.66. The number of carbonyl (C=O) groups is 1. The number of nitriles is 1. The average molecular weight is 452 g/mol. The van der Waals surface area contributed by atoms with Gasteiger partial charge in [-0.2, -0.15) is 5.26 Å². The number of thioether (sulfide) groups is 1. The van der Waals surface area contributed by atoms with Gasteiger partial charge in [0.1, 0.15) is 23.3 Å². The van der Waals surface area contributed by atoms with Gasteiger partial charge in [0.2, 0.25) is 5.91 Å². The van der Waals surface area contributed by atoms with Crippen LogP contribution >= 0.6 is 11.8 Å². The van der Waals surface area contributed by atoms with Gasteiger partial charge in [-0.05, 0) is 74.0 Å². The summed E-state index contributed by atoms with van der Waals surface area (Å²) in [6.45, 7) is 0.488. The van der Waals surface area contributed by atoms with Crippen molar-refractivity contribution in [2.45, 2.75) is 55.8 Å². The number of aromatic nitrogens is 2. The highest BCUT2D eigenvalue weighted by molar-refractivity contribution is 7.99. The van der Waals surface area contributed by atoms with E-state index in [0.29, 0.717) is 29.5 Å². The molecular formula is C24H26FN5OS. The van der Waals surface area contributed by atoms with Gasteiger partial charge in [-0.15, -0.1) is 0 Å². The zero-order valence-corrected chi connectivity index (χ0v) is 18.7. The first-order valence-corrected chi connectivity index (χ1v) is 12.1. The quantitative estimate of drug-likeness (QED) is 0.523. The minimum absolute atomic E-state index is 0.0489. The van der Waals surface area contributed by atoms with Crippen molar-refractivity contribution in [2.75, 3.05) is 11.5 Å². The van der Waals surface area contributed by atoms with Crippen LogP contribution in [0.15, 0.2) is 35.6 Å². The lowest BCUT2D eigenvalue weighted by Gasteiger charge is -2.60. The second-order valence-corrected chi connectivity index (χ2v) is 10.5. The molecule has 1 amide bonds. The van der Waals surface area contributed by atoms with Gasteiger partial charge in [0.15, 0.2) is 5.16 Å². The Bertz CT molecular complexity index is 1030. The zero-order chi connectivity index (χ0) is 22.3. The molecule has 0 saturated heterocycles. The highest BCUT2D eigenvalue weighted by Crippen LogP contribution is 2.58. The van der Waals surface area contributed by atoms with Crippen LogP contribution in [0.1, 0.15) is 49.7 Å². The van der Waals surface area contributed by atoms with Gasteiger partial charge in [-0.25, -0.2) is 14.4 Å². The number of nitrogen functional groups attached to an aromatic ring is 1. The van der Waals surface area contributed by atoms with Gasteiger partial charge in [0.25, 0.3) is 0 Å². The van der Waals surface area contributed by atoms with E-state index in [2.05, 4.69) is 14.9 Å².